The van der Waals surface area contributed by atoms with Crippen molar-refractivity contribution in [3.8, 4) is 0 Å². The Morgan fingerprint density at radius 1 is 1.58 bits per heavy atom. The van der Waals surface area contributed by atoms with Crippen LogP contribution in [0.4, 0.5) is 5.95 Å². The lowest BCUT2D eigenvalue weighted by Gasteiger charge is -2.32. The lowest BCUT2D eigenvalue weighted by molar-refractivity contribution is -0.141. The Bertz CT molecular complexity index is 538. The lowest BCUT2D eigenvalue weighted by atomic mass is 9.99. The van der Waals surface area contributed by atoms with E-state index in [0.29, 0.717) is 25.3 Å². The molecular weight excluding hydrogens is 246 g/mol. The number of aryl methyl sites for hydroxylation is 1. The van der Waals surface area contributed by atoms with Crippen LogP contribution >= 0.6 is 0 Å². The van der Waals surface area contributed by atoms with Gasteiger partial charge in [0.15, 0.2) is 0 Å². The standard InChI is InChI=1S/C13H19N3O3/c1-3-10-7-11(17)15(2)13(14-10)16-6-4-5-9(8-16)12(18)19/h7,9H,3-6,8H2,1-2H3,(H,18,19)/t9-/m0/s1. The number of piperidine rings is 1. The molecule has 1 aliphatic rings. The maximum absolute atomic E-state index is 11.9. The summed E-state index contributed by atoms with van der Waals surface area (Å²) in [7, 11) is 1.68. The van der Waals surface area contributed by atoms with Gasteiger partial charge in [-0.25, -0.2) is 4.98 Å². The second-order valence-electron chi connectivity index (χ2n) is 4.92. The highest BCUT2D eigenvalue weighted by Gasteiger charge is 2.27. The van der Waals surface area contributed by atoms with Crippen molar-refractivity contribution in [2.24, 2.45) is 13.0 Å². The van der Waals surface area contributed by atoms with Crippen molar-refractivity contribution in [1.29, 1.82) is 0 Å². The summed E-state index contributed by atoms with van der Waals surface area (Å²) in [4.78, 5) is 29.3. The first-order valence-electron chi connectivity index (χ1n) is 6.57. The van der Waals surface area contributed by atoms with Crippen LogP contribution in [-0.2, 0) is 18.3 Å². The van der Waals surface area contributed by atoms with Crippen LogP contribution in [0.5, 0.6) is 0 Å². The van der Waals surface area contributed by atoms with Gasteiger partial charge in [-0.1, -0.05) is 6.92 Å². The molecule has 104 valence electrons. The smallest absolute Gasteiger partial charge is 0.308 e. The number of aliphatic carboxylic acids is 1. The van der Waals surface area contributed by atoms with E-state index in [9.17, 15) is 9.59 Å². The van der Waals surface area contributed by atoms with Crippen LogP contribution in [0.3, 0.4) is 0 Å². The molecule has 0 aliphatic carbocycles. The second-order valence-corrected chi connectivity index (χ2v) is 4.92. The van der Waals surface area contributed by atoms with Gasteiger partial charge >= 0.3 is 5.97 Å². The maximum atomic E-state index is 11.9. The summed E-state index contributed by atoms with van der Waals surface area (Å²) in [6.45, 7) is 3.11. The van der Waals surface area contributed by atoms with Crippen LogP contribution in [0.15, 0.2) is 10.9 Å². The van der Waals surface area contributed by atoms with Crippen molar-refractivity contribution < 1.29 is 9.90 Å². The number of anilines is 1. The van der Waals surface area contributed by atoms with Crippen LogP contribution in [0.2, 0.25) is 0 Å². The number of carbonyl (C=O) groups is 1. The van der Waals surface area contributed by atoms with Gasteiger partial charge in [-0.3, -0.25) is 14.2 Å². The third-order valence-electron chi connectivity index (χ3n) is 3.58. The molecule has 2 heterocycles. The van der Waals surface area contributed by atoms with Gasteiger partial charge in [0.05, 0.1) is 5.92 Å². The highest BCUT2D eigenvalue weighted by Crippen LogP contribution is 2.21. The molecule has 0 bridgehead atoms. The van der Waals surface area contributed by atoms with Crippen LogP contribution in [0.25, 0.3) is 0 Å². The Balaban J connectivity index is 2.33. The molecule has 1 N–H and O–H groups in total. The molecule has 6 heteroatoms. The number of hydrogen-bond acceptors (Lipinski definition) is 4. The van der Waals surface area contributed by atoms with Gasteiger partial charge in [0.25, 0.3) is 5.56 Å². The highest BCUT2D eigenvalue weighted by molar-refractivity contribution is 5.71. The average molecular weight is 265 g/mol. The summed E-state index contributed by atoms with van der Waals surface area (Å²) >= 11 is 0. The largest absolute Gasteiger partial charge is 0.481 e. The van der Waals surface area contributed by atoms with E-state index >= 15 is 0 Å². The van der Waals surface area contributed by atoms with Crippen LogP contribution in [0.1, 0.15) is 25.5 Å². The van der Waals surface area contributed by atoms with Gasteiger partial charge in [0, 0.05) is 31.9 Å². The van der Waals surface area contributed by atoms with E-state index in [2.05, 4.69) is 4.98 Å². The zero-order valence-corrected chi connectivity index (χ0v) is 11.3. The number of carboxylic acid groups (broad SMARTS) is 1. The van der Waals surface area contributed by atoms with Crippen LogP contribution in [-0.4, -0.2) is 33.7 Å². The minimum absolute atomic E-state index is 0.0979. The summed E-state index contributed by atoms with van der Waals surface area (Å²) in [6, 6.07) is 1.53. The molecular formula is C13H19N3O3. The Hall–Kier alpha value is -1.85. The molecule has 0 amide bonds. The molecule has 2 rings (SSSR count). The van der Waals surface area contributed by atoms with Crippen molar-refractivity contribution in [3.63, 3.8) is 0 Å². The van der Waals surface area contributed by atoms with Gasteiger partial charge in [0.2, 0.25) is 5.95 Å². The third kappa shape index (κ3) is 2.77. The normalized spacial score (nSPS) is 19.5. The molecule has 1 aromatic rings. The summed E-state index contributed by atoms with van der Waals surface area (Å²) in [6.07, 6.45) is 2.19. The SMILES string of the molecule is CCc1cc(=O)n(C)c(N2CCC[C@H](C(=O)O)C2)n1. The van der Waals surface area contributed by atoms with E-state index in [4.69, 9.17) is 5.11 Å². The Kier molecular flexibility index (Phi) is 3.87. The molecule has 6 nitrogen and oxygen atoms in total. The zero-order valence-electron chi connectivity index (χ0n) is 11.3. The minimum atomic E-state index is -0.777. The molecule has 0 saturated carbocycles. The van der Waals surface area contributed by atoms with E-state index in [1.54, 1.807) is 7.05 Å². The van der Waals surface area contributed by atoms with Crippen LogP contribution < -0.4 is 10.5 Å². The van der Waals surface area contributed by atoms with Gasteiger partial charge in [-0.15, -0.1) is 0 Å². The third-order valence-corrected chi connectivity index (χ3v) is 3.58. The summed E-state index contributed by atoms with van der Waals surface area (Å²) in [5, 5.41) is 9.11. The fourth-order valence-electron chi connectivity index (χ4n) is 2.40. The van der Waals surface area contributed by atoms with Crippen molar-refractivity contribution in [2.45, 2.75) is 26.2 Å². The monoisotopic (exact) mass is 265 g/mol. The first-order valence-corrected chi connectivity index (χ1v) is 6.57. The van der Waals surface area contributed by atoms with Crippen molar-refractivity contribution >= 4 is 11.9 Å². The van der Waals surface area contributed by atoms with Gasteiger partial charge < -0.3 is 10.0 Å². The first kappa shape index (κ1) is 13.6. The van der Waals surface area contributed by atoms with E-state index in [1.807, 2.05) is 11.8 Å². The fraction of sp³-hybridized carbons (Fsp3) is 0.615. The fourth-order valence-corrected chi connectivity index (χ4v) is 2.40. The molecule has 0 spiro atoms. The van der Waals surface area contributed by atoms with Crippen molar-refractivity contribution in [3.05, 3.63) is 22.1 Å². The van der Waals surface area contributed by atoms with E-state index in [0.717, 1.165) is 18.7 Å². The predicted octanol–water partition coefficient (Wildman–Crippen LogP) is 0.644. The molecule has 1 saturated heterocycles. The quantitative estimate of drug-likeness (QED) is 0.868. The molecule has 1 aliphatic heterocycles. The molecule has 1 atom stereocenters. The molecule has 19 heavy (non-hydrogen) atoms. The van der Waals surface area contributed by atoms with Gasteiger partial charge in [-0.05, 0) is 19.3 Å². The van der Waals surface area contributed by atoms with E-state index in [-0.39, 0.29) is 11.5 Å². The summed E-state index contributed by atoms with van der Waals surface area (Å²) in [5.74, 6) is -0.576. The number of carboxylic acids is 1. The lowest BCUT2D eigenvalue weighted by Crippen LogP contribution is -2.42. The van der Waals surface area contributed by atoms with Crippen molar-refractivity contribution in [1.82, 2.24) is 9.55 Å². The molecule has 0 radical (unpaired) electrons. The number of nitrogens with zero attached hydrogens (tertiary/aromatic N) is 3. The predicted molar refractivity (Wildman–Crippen MR) is 71.4 cm³/mol. The van der Waals surface area contributed by atoms with Crippen LogP contribution in [0, 0.1) is 5.92 Å². The number of hydrogen-bond donors (Lipinski definition) is 1. The molecule has 0 unspecified atom stereocenters. The number of aromatic nitrogens is 2. The first-order chi connectivity index (χ1) is 9.02. The molecule has 0 aromatic carbocycles. The minimum Gasteiger partial charge on any atom is -0.481 e. The van der Waals surface area contributed by atoms with Gasteiger partial charge in [0.1, 0.15) is 0 Å². The maximum Gasteiger partial charge on any atom is 0.308 e. The van der Waals surface area contributed by atoms with Gasteiger partial charge in [-0.2, -0.15) is 0 Å². The highest BCUT2D eigenvalue weighted by atomic mass is 16.4. The summed E-state index contributed by atoms with van der Waals surface area (Å²) < 4.78 is 1.49. The second kappa shape index (κ2) is 5.42. The Morgan fingerprint density at radius 2 is 2.32 bits per heavy atom. The van der Waals surface area contributed by atoms with Crippen molar-refractivity contribution in [2.75, 3.05) is 18.0 Å². The summed E-state index contributed by atoms with van der Waals surface area (Å²) in [5.41, 5.74) is 0.648. The zero-order chi connectivity index (χ0) is 14.0. The number of rotatable bonds is 3. The molecule has 1 aromatic heterocycles. The molecule has 1 fully saturated rings. The van der Waals surface area contributed by atoms with E-state index in [1.165, 1.54) is 10.6 Å². The van der Waals surface area contributed by atoms with E-state index < -0.39 is 5.97 Å². The Labute approximate surface area is 111 Å². The Morgan fingerprint density at radius 3 is 2.95 bits per heavy atom. The average Bonchev–Trinajstić information content (AvgIpc) is 2.41. The topological polar surface area (TPSA) is 75.4 Å².